The number of esters is 3. The van der Waals surface area contributed by atoms with Gasteiger partial charge in [0, 0.05) is 12.8 Å². The fraction of sp³-hybridized carbons (Fsp3) is 0.600. The molecule has 1 rings (SSSR count). The van der Waals surface area contributed by atoms with E-state index in [1.165, 1.54) is 12.1 Å². The van der Waals surface area contributed by atoms with Crippen LogP contribution in [-0.4, -0.2) is 47.9 Å². The van der Waals surface area contributed by atoms with Gasteiger partial charge in [-0.05, 0) is 58.2 Å². The van der Waals surface area contributed by atoms with Gasteiger partial charge in [-0.25, -0.2) is 4.79 Å². The minimum Gasteiger partial charge on any atom is -0.458 e. The summed E-state index contributed by atoms with van der Waals surface area (Å²) in [5.74, 6) is -1.55. The Morgan fingerprint density at radius 3 is 1.97 bits per heavy atom. The maximum Gasteiger partial charge on any atom is 0.509 e. The summed E-state index contributed by atoms with van der Waals surface area (Å²) in [6.07, 6.45) is -1.45. The van der Waals surface area contributed by atoms with E-state index in [9.17, 15) is 19.2 Å². The van der Waals surface area contributed by atoms with E-state index in [0.29, 0.717) is 12.0 Å². The lowest BCUT2D eigenvalue weighted by atomic mass is 10.1. The molecule has 10 heteroatoms. The van der Waals surface area contributed by atoms with Crippen LogP contribution in [0.1, 0.15) is 73.3 Å². The van der Waals surface area contributed by atoms with Gasteiger partial charge in [0.05, 0.1) is 0 Å². The lowest BCUT2D eigenvalue weighted by Gasteiger charge is -2.26. The van der Waals surface area contributed by atoms with Crippen LogP contribution in [0, 0.1) is 0 Å². The van der Waals surface area contributed by atoms with Crippen molar-refractivity contribution in [1.29, 1.82) is 0 Å². The van der Waals surface area contributed by atoms with Gasteiger partial charge in [0.25, 0.3) is 0 Å². The van der Waals surface area contributed by atoms with Gasteiger partial charge < -0.3 is 29.4 Å². The largest absolute Gasteiger partial charge is 0.509 e. The molecule has 10 nitrogen and oxygen atoms in total. The molecule has 0 aliphatic carbocycles. The van der Waals surface area contributed by atoms with Crippen LogP contribution in [0.2, 0.25) is 0 Å². The second kappa shape index (κ2) is 13.7. The highest BCUT2D eigenvalue weighted by Gasteiger charge is 2.28. The highest BCUT2D eigenvalue weighted by molar-refractivity contribution is 5.77. The van der Waals surface area contributed by atoms with E-state index in [1.54, 1.807) is 47.6 Å². The monoisotopic (exact) mass is 495 g/mol. The number of ether oxygens (including phenoxy) is 5. The van der Waals surface area contributed by atoms with E-state index in [4.69, 9.17) is 29.4 Å². The normalized spacial score (nSPS) is 13.7. The van der Waals surface area contributed by atoms with Gasteiger partial charge in [0.2, 0.25) is 0 Å². The highest BCUT2D eigenvalue weighted by Crippen LogP contribution is 2.30. The molecular formula is C25H37NO9. The van der Waals surface area contributed by atoms with Crippen LogP contribution in [0.4, 0.5) is 4.79 Å². The van der Waals surface area contributed by atoms with Gasteiger partial charge in [0.1, 0.15) is 23.9 Å². The highest BCUT2D eigenvalue weighted by atomic mass is 16.7. The van der Waals surface area contributed by atoms with Gasteiger partial charge >= 0.3 is 24.1 Å². The SMILES string of the molecule is CCC(=O)Oc1ccc(C[C@H](N)C(=O)O[C@@H](C)[C@H](C)OC(=O)OC(C)(C)CC)cc1OC(=O)CC. The lowest BCUT2D eigenvalue weighted by Crippen LogP contribution is -2.40. The first kappa shape index (κ1) is 29.9. The van der Waals surface area contributed by atoms with E-state index in [1.807, 2.05) is 6.92 Å². The summed E-state index contributed by atoms with van der Waals surface area (Å²) in [6.45, 7) is 11.8. The first-order chi connectivity index (χ1) is 16.3. The van der Waals surface area contributed by atoms with Gasteiger partial charge in [-0.3, -0.25) is 14.4 Å². The van der Waals surface area contributed by atoms with Crippen LogP contribution in [0.15, 0.2) is 18.2 Å². The molecule has 0 heterocycles. The topological polar surface area (TPSA) is 140 Å². The molecule has 0 aromatic heterocycles. The molecule has 0 spiro atoms. The molecule has 0 amide bonds. The van der Waals surface area contributed by atoms with Crippen molar-refractivity contribution in [3.05, 3.63) is 23.8 Å². The van der Waals surface area contributed by atoms with E-state index < -0.39 is 47.9 Å². The molecule has 2 N–H and O–H groups in total. The van der Waals surface area contributed by atoms with Gasteiger partial charge in [0.15, 0.2) is 11.5 Å². The summed E-state index contributed by atoms with van der Waals surface area (Å²) in [4.78, 5) is 47.9. The van der Waals surface area contributed by atoms with E-state index in [-0.39, 0.29) is 30.8 Å². The maximum atomic E-state index is 12.5. The Morgan fingerprint density at radius 2 is 1.43 bits per heavy atom. The average molecular weight is 496 g/mol. The third kappa shape index (κ3) is 10.3. The standard InChI is InChI=1S/C25H37NO9/c1-8-21(27)33-19-12-11-17(14-20(19)34-22(28)9-2)13-18(26)23(29)31-15(4)16(5)32-24(30)35-25(6,7)10-3/h11-12,14-16,18H,8-10,13,26H2,1-7H3/t15-,16-,18-/m0/s1. The maximum absolute atomic E-state index is 12.5. The number of benzene rings is 1. The predicted octanol–water partition coefficient (Wildman–Crippen LogP) is 3.85. The first-order valence-electron chi connectivity index (χ1n) is 11.7. The molecule has 3 atom stereocenters. The van der Waals surface area contributed by atoms with Gasteiger partial charge in [-0.1, -0.05) is 26.8 Å². The third-order valence-electron chi connectivity index (χ3n) is 5.25. The van der Waals surface area contributed by atoms with Crippen LogP contribution in [0.25, 0.3) is 0 Å². The number of hydrogen-bond donors (Lipinski definition) is 1. The van der Waals surface area contributed by atoms with Crippen molar-refractivity contribution in [1.82, 2.24) is 0 Å². The summed E-state index contributed by atoms with van der Waals surface area (Å²) < 4.78 is 26.3. The summed E-state index contributed by atoms with van der Waals surface area (Å²) in [5.41, 5.74) is 5.91. The zero-order valence-corrected chi connectivity index (χ0v) is 21.5. The molecule has 0 fully saturated rings. The van der Waals surface area contributed by atoms with E-state index in [0.717, 1.165) is 0 Å². The molecule has 35 heavy (non-hydrogen) atoms. The second-order valence-corrected chi connectivity index (χ2v) is 8.68. The Kier molecular flexibility index (Phi) is 11.7. The fourth-order valence-corrected chi connectivity index (χ4v) is 2.51. The predicted molar refractivity (Wildman–Crippen MR) is 127 cm³/mol. The summed E-state index contributed by atoms with van der Waals surface area (Å²) in [5, 5.41) is 0. The smallest absolute Gasteiger partial charge is 0.458 e. The fourth-order valence-electron chi connectivity index (χ4n) is 2.51. The Bertz CT molecular complexity index is 897. The molecule has 0 aliphatic heterocycles. The average Bonchev–Trinajstić information content (AvgIpc) is 2.79. The molecule has 0 saturated heterocycles. The van der Waals surface area contributed by atoms with Crippen LogP contribution in [0.5, 0.6) is 11.5 Å². The third-order valence-corrected chi connectivity index (χ3v) is 5.25. The molecule has 0 saturated carbocycles. The van der Waals surface area contributed by atoms with Gasteiger partial charge in [-0.2, -0.15) is 0 Å². The number of carbonyl (C=O) groups excluding carboxylic acids is 4. The van der Waals surface area contributed by atoms with Crippen molar-refractivity contribution >= 4 is 24.1 Å². The zero-order chi connectivity index (χ0) is 26.8. The molecule has 0 bridgehead atoms. The minimum absolute atomic E-state index is 0.0561. The molecule has 0 radical (unpaired) electrons. The van der Waals surface area contributed by atoms with Crippen molar-refractivity contribution in [2.24, 2.45) is 5.73 Å². The summed E-state index contributed by atoms with van der Waals surface area (Å²) in [7, 11) is 0. The molecule has 0 aliphatic rings. The second-order valence-electron chi connectivity index (χ2n) is 8.68. The van der Waals surface area contributed by atoms with Crippen molar-refractivity contribution in [2.75, 3.05) is 0 Å². The first-order valence-corrected chi connectivity index (χ1v) is 11.7. The molecule has 1 aromatic rings. The summed E-state index contributed by atoms with van der Waals surface area (Å²) >= 11 is 0. The van der Waals surface area contributed by atoms with Crippen LogP contribution in [0.3, 0.4) is 0 Å². The van der Waals surface area contributed by atoms with Crippen LogP contribution < -0.4 is 15.2 Å². The number of nitrogens with two attached hydrogens (primary N) is 1. The molecule has 1 aromatic carbocycles. The van der Waals surface area contributed by atoms with E-state index >= 15 is 0 Å². The quantitative estimate of drug-likeness (QED) is 0.336. The van der Waals surface area contributed by atoms with E-state index in [2.05, 4.69) is 0 Å². The number of carbonyl (C=O) groups is 4. The molecule has 196 valence electrons. The van der Waals surface area contributed by atoms with Crippen LogP contribution in [-0.2, 0) is 35.0 Å². The van der Waals surface area contributed by atoms with Crippen molar-refractivity contribution in [3.8, 4) is 11.5 Å². The number of rotatable bonds is 12. The Morgan fingerprint density at radius 1 is 0.886 bits per heavy atom. The lowest BCUT2D eigenvalue weighted by molar-refractivity contribution is -0.156. The van der Waals surface area contributed by atoms with Crippen LogP contribution >= 0.6 is 0 Å². The van der Waals surface area contributed by atoms with Gasteiger partial charge in [-0.15, -0.1) is 0 Å². The minimum atomic E-state index is -1.05. The number of hydrogen-bond acceptors (Lipinski definition) is 10. The Balaban J connectivity index is 2.80. The molecule has 0 unspecified atom stereocenters. The Hall–Kier alpha value is -3.14. The Labute approximate surface area is 206 Å². The molecular weight excluding hydrogens is 458 g/mol. The van der Waals surface area contributed by atoms with Crippen molar-refractivity contribution in [2.45, 2.75) is 98.0 Å². The van der Waals surface area contributed by atoms with Crippen molar-refractivity contribution in [3.63, 3.8) is 0 Å². The summed E-state index contributed by atoms with van der Waals surface area (Å²) in [6, 6.07) is 3.52. The zero-order valence-electron chi connectivity index (χ0n) is 21.5. The van der Waals surface area contributed by atoms with Crippen molar-refractivity contribution < 1.29 is 42.9 Å².